The molecule has 9 nitrogen and oxygen atoms in total. The molecule has 9 heteroatoms. The molecule has 2 heterocycles. The maximum Gasteiger partial charge on any atom is 0.247 e. The number of nitrogens with one attached hydrogen (secondary N) is 1. The van der Waals surface area contributed by atoms with Crippen LogP contribution in [0.15, 0.2) is 109 Å². The molecule has 1 atom stereocenters. The molecule has 0 bridgehead atoms. The predicted octanol–water partition coefficient (Wildman–Crippen LogP) is 4.13. The average Bonchev–Trinajstić information content (AvgIpc) is 3.46. The van der Waals surface area contributed by atoms with E-state index in [0.29, 0.717) is 17.9 Å². The number of aromatic nitrogens is 5. The van der Waals surface area contributed by atoms with E-state index in [2.05, 4.69) is 25.7 Å². The molecule has 0 saturated heterocycles. The number of nitrogens with zero attached hydrogens (tertiary/aromatic N) is 6. The summed E-state index contributed by atoms with van der Waals surface area (Å²) in [4.78, 5) is 34.6. The number of benzene rings is 3. The zero-order valence-corrected chi connectivity index (χ0v) is 22.1. The van der Waals surface area contributed by atoms with Crippen molar-refractivity contribution in [3.63, 3.8) is 0 Å². The highest BCUT2D eigenvalue weighted by Gasteiger charge is 2.32. The predicted molar refractivity (Wildman–Crippen MR) is 150 cm³/mol. The molecule has 0 aliphatic rings. The highest BCUT2D eigenvalue weighted by atomic mass is 16.2. The summed E-state index contributed by atoms with van der Waals surface area (Å²) in [5.41, 5.74) is 4.42. The van der Waals surface area contributed by atoms with Gasteiger partial charge in [0, 0.05) is 31.0 Å². The Morgan fingerprint density at radius 3 is 2.17 bits per heavy atom. The average molecular weight is 532 g/mol. The third-order valence-corrected chi connectivity index (χ3v) is 6.45. The first-order valence-electron chi connectivity index (χ1n) is 13.0. The summed E-state index contributed by atoms with van der Waals surface area (Å²) in [5.74, 6) is -0.201. The second-order valence-electron chi connectivity index (χ2n) is 9.40. The van der Waals surface area contributed by atoms with Crippen LogP contribution in [0.5, 0.6) is 0 Å². The summed E-state index contributed by atoms with van der Waals surface area (Å²) in [5, 5.41) is 15.7. The van der Waals surface area contributed by atoms with Crippen LogP contribution in [0.25, 0.3) is 11.4 Å². The van der Waals surface area contributed by atoms with Crippen molar-refractivity contribution in [1.82, 2.24) is 35.4 Å². The fourth-order valence-corrected chi connectivity index (χ4v) is 4.34. The van der Waals surface area contributed by atoms with Crippen molar-refractivity contribution in [2.75, 3.05) is 0 Å². The lowest BCUT2D eigenvalue weighted by Gasteiger charge is -2.31. The van der Waals surface area contributed by atoms with Crippen molar-refractivity contribution in [2.45, 2.75) is 32.6 Å². The summed E-state index contributed by atoms with van der Waals surface area (Å²) >= 11 is 0. The second-order valence-corrected chi connectivity index (χ2v) is 9.40. The number of amides is 2. The molecular weight excluding hydrogens is 502 g/mol. The Labute approximate surface area is 232 Å². The van der Waals surface area contributed by atoms with Crippen molar-refractivity contribution in [1.29, 1.82) is 0 Å². The first kappa shape index (κ1) is 26.4. The third kappa shape index (κ3) is 6.63. The van der Waals surface area contributed by atoms with E-state index >= 15 is 0 Å². The number of tetrazole rings is 1. The Kier molecular flexibility index (Phi) is 8.31. The van der Waals surface area contributed by atoms with Gasteiger partial charge in [0.05, 0.1) is 0 Å². The standard InChI is InChI=1S/C31H29N7O2/c1-23-12-14-27(15-13-23)30-34-36-38(35-30)22-28(39)37(21-25-10-6-3-7-11-25)29(26-16-18-32-19-17-26)31(40)33-20-24-8-4-2-5-9-24/h2-19,29H,20-22H2,1H3,(H,33,40)/t29-/m0/s1. The lowest BCUT2D eigenvalue weighted by atomic mass is 10.0. The zero-order valence-electron chi connectivity index (χ0n) is 22.1. The van der Waals surface area contributed by atoms with E-state index < -0.39 is 6.04 Å². The largest absolute Gasteiger partial charge is 0.350 e. The minimum atomic E-state index is -0.903. The molecule has 3 aromatic carbocycles. The van der Waals surface area contributed by atoms with E-state index in [0.717, 1.165) is 22.3 Å². The Balaban J connectivity index is 1.44. The van der Waals surface area contributed by atoms with E-state index in [9.17, 15) is 9.59 Å². The number of aryl methyl sites for hydroxylation is 1. The molecule has 0 fully saturated rings. The number of rotatable bonds is 10. The van der Waals surface area contributed by atoms with Crippen LogP contribution in [0, 0.1) is 6.92 Å². The first-order chi connectivity index (χ1) is 19.6. The normalized spacial score (nSPS) is 11.5. The molecule has 0 aliphatic carbocycles. The monoisotopic (exact) mass is 531 g/mol. The van der Waals surface area contributed by atoms with Crippen LogP contribution in [-0.2, 0) is 29.2 Å². The highest BCUT2D eigenvalue weighted by molar-refractivity contribution is 5.88. The number of carbonyl (C=O) groups is 2. The first-order valence-corrected chi connectivity index (χ1v) is 13.0. The second kappa shape index (κ2) is 12.6. The van der Waals surface area contributed by atoms with Crippen molar-refractivity contribution in [2.24, 2.45) is 0 Å². The van der Waals surface area contributed by atoms with Gasteiger partial charge < -0.3 is 10.2 Å². The van der Waals surface area contributed by atoms with Crippen LogP contribution in [0.3, 0.4) is 0 Å². The summed E-state index contributed by atoms with van der Waals surface area (Å²) in [6.07, 6.45) is 3.23. The minimum absolute atomic E-state index is 0.181. The van der Waals surface area contributed by atoms with E-state index in [1.165, 1.54) is 4.80 Å². The molecule has 2 aromatic heterocycles. The summed E-state index contributed by atoms with van der Waals surface area (Å²) in [6, 6.07) is 29.6. The van der Waals surface area contributed by atoms with Gasteiger partial charge in [0.25, 0.3) is 0 Å². The number of hydrogen-bond acceptors (Lipinski definition) is 6. The molecule has 0 saturated carbocycles. The highest BCUT2D eigenvalue weighted by Crippen LogP contribution is 2.24. The SMILES string of the molecule is Cc1ccc(-c2nnn(CC(=O)N(Cc3ccccc3)[C@H](C(=O)NCc3ccccc3)c3ccncc3)n2)cc1. The van der Waals surface area contributed by atoms with Gasteiger partial charge in [-0.25, -0.2) is 0 Å². The van der Waals surface area contributed by atoms with Crippen LogP contribution in [0.4, 0.5) is 0 Å². The van der Waals surface area contributed by atoms with Gasteiger partial charge in [-0.15, -0.1) is 10.2 Å². The van der Waals surface area contributed by atoms with Gasteiger partial charge in [-0.1, -0.05) is 90.5 Å². The molecule has 0 radical (unpaired) electrons. The Bertz CT molecular complexity index is 1540. The van der Waals surface area contributed by atoms with E-state index in [-0.39, 0.29) is 24.9 Å². The molecule has 0 aliphatic heterocycles. The topological polar surface area (TPSA) is 106 Å². The number of carbonyl (C=O) groups excluding carboxylic acids is 2. The van der Waals surface area contributed by atoms with Crippen LogP contribution in [-0.4, -0.2) is 41.9 Å². The third-order valence-electron chi connectivity index (χ3n) is 6.45. The molecule has 0 unspecified atom stereocenters. The molecule has 2 amide bonds. The smallest absolute Gasteiger partial charge is 0.247 e. The number of pyridine rings is 1. The molecule has 5 rings (SSSR count). The molecule has 0 spiro atoms. The Hall–Kier alpha value is -5.18. The molecule has 200 valence electrons. The van der Waals surface area contributed by atoms with Gasteiger partial charge in [0.15, 0.2) is 0 Å². The van der Waals surface area contributed by atoms with Crippen molar-refractivity contribution in [3.05, 3.63) is 132 Å². The quantitative estimate of drug-likeness (QED) is 0.291. The van der Waals surface area contributed by atoms with Gasteiger partial charge in [0.1, 0.15) is 12.6 Å². The number of hydrogen-bond donors (Lipinski definition) is 1. The van der Waals surface area contributed by atoms with Crippen LogP contribution in [0.2, 0.25) is 0 Å². The van der Waals surface area contributed by atoms with E-state index in [1.54, 1.807) is 29.4 Å². The molecule has 5 aromatic rings. The van der Waals surface area contributed by atoms with Crippen LogP contribution < -0.4 is 5.32 Å². The Morgan fingerprint density at radius 2 is 1.50 bits per heavy atom. The van der Waals surface area contributed by atoms with E-state index in [1.807, 2.05) is 91.9 Å². The van der Waals surface area contributed by atoms with Crippen molar-refractivity contribution in [3.8, 4) is 11.4 Å². The van der Waals surface area contributed by atoms with Gasteiger partial charge in [0.2, 0.25) is 17.6 Å². The fourth-order valence-electron chi connectivity index (χ4n) is 4.34. The van der Waals surface area contributed by atoms with Crippen molar-refractivity contribution < 1.29 is 9.59 Å². The fraction of sp³-hybridized carbons (Fsp3) is 0.161. The van der Waals surface area contributed by atoms with Crippen molar-refractivity contribution >= 4 is 11.8 Å². The summed E-state index contributed by atoms with van der Waals surface area (Å²) < 4.78 is 0. The van der Waals surface area contributed by atoms with Crippen LogP contribution in [0.1, 0.15) is 28.3 Å². The van der Waals surface area contributed by atoms with Crippen LogP contribution >= 0.6 is 0 Å². The molecule has 40 heavy (non-hydrogen) atoms. The van der Waals surface area contributed by atoms with Gasteiger partial charge in [-0.3, -0.25) is 14.6 Å². The minimum Gasteiger partial charge on any atom is -0.350 e. The zero-order chi connectivity index (χ0) is 27.7. The lowest BCUT2D eigenvalue weighted by Crippen LogP contribution is -2.44. The van der Waals surface area contributed by atoms with Gasteiger partial charge in [-0.05, 0) is 41.0 Å². The maximum atomic E-state index is 13.9. The van der Waals surface area contributed by atoms with E-state index in [4.69, 9.17) is 0 Å². The van der Waals surface area contributed by atoms with Gasteiger partial charge in [-0.2, -0.15) is 4.80 Å². The lowest BCUT2D eigenvalue weighted by molar-refractivity contribution is -0.142. The van der Waals surface area contributed by atoms with Gasteiger partial charge >= 0.3 is 0 Å². The maximum absolute atomic E-state index is 13.9. The molecular formula is C31H29N7O2. The summed E-state index contributed by atoms with van der Waals surface area (Å²) in [6.45, 7) is 2.37. The summed E-state index contributed by atoms with van der Waals surface area (Å²) in [7, 11) is 0. The Morgan fingerprint density at radius 1 is 0.850 bits per heavy atom. The molecule has 1 N–H and O–H groups in total.